The Balaban J connectivity index is 2.04. The number of rotatable bonds is 7. The molecule has 8 heteroatoms. The Morgan fingerprint density at radius 3 is 2.48 bits per heavy atom. The van der Waals surface area contributed by atoms with Gasteiger partial charge in [0.2, 0.25) is 15.9 Å². The Morgan fingerprint density at radius 1 is 1.20 bits per heavy atom. The lowest BCUT2D eigenvalue weighted by Crippen LogP contribution is -2.41. The number of benzene rings is 2. The lowest BCUT2D eigenvalue weighted by Gasteiger charge is -2.15. The highest BCUT2D eigenvalue weighted by atomic mass is 35.5. The molecule has 2 rings (SSSR count). The van der Waals surface area contributed by atoms with Crippen LogP contribution in [0.15, 0.2) is 53.4 Å². The minimum atomic E-state index is -3.78. The summed E-state index contributed by atoms with van der Waals surface area (Å²) in [5.41, 5.74) is 0.448. The van der Waals surface area contributed by atoms with Crippen LogP contribution in [0.25, 0.3) is 0 Å². The van der Waals surface area contributed by atoms with Crippen molar-refractivity contribution in [1.82, 2.24) is 4.72 Å². The van der Waals surface area contributed by atoms with Crippen LogP contribution in [0.1, 0.15) is 13.8 Å². The van der Waals surface area contributed by atoms with E-state index in [0.717, 1.165) is 0 Å². The van der Waals surface area contributed by atoms with E-state index in [1.165, 1.54) is 19.1 Å². The van der Waals surface area contributed by atoms with Crippen molar-refractivity contribution in [3.63, 3.8) is 0 Å². The zero-order chi connectivity index (χ0) is 18.4. The fourth-order valence-corrected chi connectivity index (χ4v) is 3.51. The van der Waals surface area contributed by atoms with Crippen LogP contribution in [0, 0.1) is 0 Å². The number of nitrogens with one attached hydrogen (secondary N) is 2. The van der Waals surface area contributed by atoms with Gasteiger partial charge in [-0.25, -0.2) is 8.42 Å². The van der Waals surface area contributed by atoms with Crippen molar-refractivity contribution < 1.29 is 17.9 Å². The Labute approximate surface area is 152 Å². The molecule has 0 saturated carbocycles. The molecule has 0 saturated heterocycles. The average Bonchev–Trinajstić information content (AvgIpc) is 2.58. The molecule has 2 aromatic rings. The number of carbonyl (C=O) groups excluding carboxylic acids is 1. The van der Waals surface area contributed by atoms with Gasteiger partial charge in [-0.15, -0.1) is 0 Å². The predicted octanol–water partition coefficient (Wildman–Crippen LogP) is 3.04. The van der Waals surface area contributed by atoms with Crippen LogP contribution in [0.5, 0.6) is 5.75 Å². The molecule has 134 valence electrons. The molecule has 1 amide bonds. The fourth-order valence-electron chi connectivity index (χ4n) is 2.06. The normalized spacial score (nSPS) is 12.4. The average molecular weight is 383 g/mol. The molecule has 0 fully saturated rings. The van der Waals surface area contributed by atoms with Crippen molar-refractivity contribution in [1.29, 1.82) is 0 Å². The number of ether oxygens (including phenoxy) is 1. The van der Waals surface area contributed by atoms with Crippen LogP contribution in [0.3, 0.4) is 0 Å². The summed E-state index contributed by atoms with van der Waals surface area (Å²) in [4.78, 5) is 12.3. The third-order valence-corrected chi connectivity index (χ3v) is 5.13. The van der Waals surface area contributed by atoms with E-state index in [0.29, 0.717) is 23.1 Å². The zero-order valence-electron chi connectivity index (χ0n) is 13.8. The Kier molecular flexibility index (Phi) is 6.41. The van der Waals surface area contributed by atoms with Crippen LogP contribution in [-0.2, 0) is 14.8 Å². The summed E-state index contributed by atoms with van der Waals surface area (Å²) in [5.74, 6) is 0.0136. The topological polar surface area (TPSA) is 84.5 Å². The second kappa shape index (κ2) is 8.33. The van der Waals surface area contributed by atoms with E-state index >= 15 is 0 Å². The van der Waals surface area contributed by atoms with Crippen molar-refractivity contribution >= 4 is 33.2 Å². The van der Waals surface area contributed by atoms with Gasteiger partial charge in [0, 0.05) is 5.69 Å². The zero-order valence-corrected chi connectivity index (χ0v) is 15.4. The van der Waals surface area contributed by atoms with Crippen molar-refractivity contribution in [3.8, 4) is 5.75 Å². The second-order valence-electron chi connectivity index (χ2n) is 5.22. The number of halogens is 1. The first-order chi connectivity index (χ1) is 11.8. The molecule has 0 spiro atoms. The summed E-state index contributed by atoms with van der Waals surface area (Å²) >= 11 is 6.07. The van der Waals surface area contributed by atoms with Crippen LogP contribution < -0.4 is 14.8 Å². The molecular weight excluding hydrogens is 364 g/mol. The van der Waals surface area contributed by atoms with Crippen molar-refractivity contribution in [2.24, 2.45) is 0 Å². The van der Waals surface area contributed by atoms with Gasteiger partial charge in [0.15, 0.2) is 0 Å². The van der Waals surface area contributed by atoms with Crippen LogP contribution in [0.4, 0.5) is 5.69 Å². The number of hydrogen-bond donors (Lipinski definition) is 2. The monoisotopic (exact) mass is 382 g/mol. The maximum atomic E-state index is 12.2. The summed E-state index contributed by atoms with van der Waals surface area (Å²) in [5, 5.41) is 2.98. The molecule has 0 aliphatic heterocycles. The molecule has 2 aromatic carbocycles. The molecular formula is C17H19ClN2O4S. The third kappa shape index (κ3) is 5.19. The number of sulfonamides is 1. The minimum absolute atomic E-state index is 0.0961. The van der Waals surface area contributed by atoms with E-state index in [2.05, 4.69) is 10.0 Å². The van der Waals surface area contributed by atoms with Gasteiger partial charge in [0.25, 0.3) is 0 Å². The summed E-state index contributed by atoms with van der Waals surface area (Å²) in [7, 11) is -3.78. The SMILES string of the molecule is CCOc1ccc(NC(=O)[C@H](C)NS(=O)(=O)c2ccccc2)cc1Cl. The molecule has 0 aliphatic rings. The molecule has 25 heavy (non-hydrogen) atoms. The highest BCUT2D eigenvalue weighted by Gasteiger charge is 2.22. The van der Waals surface area contributed by atoms with E-state index in [-0.39, 0.29) is 4.90 Å². The standard InChI is InChI=1S/C17H19ClN2O4S/c1-3-24-16-10-9-13(11-15(16)18)19-17(21)12(2)20-25(22,23)14-7-5-4-6-8-14/h4-12,20H,3H2,1-2H3,(H,19,21)/t12-/m0/s1. The number of carbonyl (C=O) groups is 1. The summed E-state index contributed by atoms with van der Waals surface area (Å²) < 4.78 is 32.1. The molecule has 0 aromatic heterocycles. The molecule has 0 heterocycles. The second-order valence-corrected chi connectivity index (χ2v) is 7.34. The van der Waals surface area contributed by atoms with Crippen LogP contribution in [-0.4, -0.2) is 27.0 Å². The van der Waals surface area contributed by atoms with Gasteiger partial charge in [-0.3, -0.25) is 4.79 Å². The number of hydrogen-bond acceptors (Lipinski definition) is 4. The Morgan fingerprint density at radius 2 is 1.88 bits per heavy atom. The molecule has 0 radical (unpaired) electrons. The Bertz CT molecular complexity index is 841. The van der Waals surface area contributed by atoms with Gasteiger partial charge in [-0.05, 0) is 44.2 Å². The fraction of sp³-hybridized carbons (Fsp3) is 0.235. The summed E-state index contributed by atoms with van der Waals surface area (Å²) in [6.45, 7) is 3.78. The van der Waals surface area contributed by atoms with E-state index in [9.17, 15) is 13.2 Å². The molecule has 2 N–H and O–H groups in total. The Hall–Kier alpha value is -2.09. The lowest BCUT2D eigenvalue weighted by atomic mass is 10.2. The van der Waals surface area contributed by atoms with Gasteiger partial charge >= 0.3 is 0 Å². The van der Waals surface area contributed by atoms with Gasteiger partial charge < -0.3 is 10.1 Å². The lowest BCUT2D eigenvalue weighted by molar-refractivity contribution is -0.117. The number of amides is 1. The maximum Gasteiger partial charge on any atom is 0.242 e. The maximum absolute atomic E-state index is 12.2. The molecule has 0 unspecified atom stereocenters. The third-order valence-electron chi connectivity index (χ3n) is 3.28. The molecule has 6 nitrogen and oxygen atoms in total. The highest BCUT2D eigenvalue weighted by Crippen LogP contribution is 2.27. The minimum Gasteiger partial charge on any atom is -0.492 e. The molecule has 0 aliphatic carbocycles. The largest absolute Gasteiger partial charge is 0.492 e. The number of anilines is 1. The first kappa shape index (κ1) is 19.2. The smallest absolute Gasteiger partial charge is 0.242 e. The van der Waals surface area contributed by atoms with Crippen molar-refractivity contribution in [3.05, 3.63) is 53.6 Å². The first-order valence-electron chi connectivity index (χ1n) is 7.64. The highest BCUT2D eigenvalue weighted by molar-refractivity contribution is 7.89. The molecule has 0 bridgehead atoms. The van der Waals surface area contributed by atoms with E-state index < -0.39 is 22.0 Å². The van der Waals surface area contributed by atoms with Crippen LogP contribution >= 0.6 is 11.6 Å². The van der Waals surface area contributed by atoms with E-state index in [4.69, 9.17) is 16.3 Å². The quantitative estimate of drug-likeness (QED) is 0.770. The van der Waals surface area contributed by atoms with Gasteiger partial charge in [-0.2, -0.15) is 4.72 Å². The summed E-state index contributed by atoms with van der Waals surface area (Å²) in [6, 6.07) is 11.7. The van der Waals surface area contributed by atoms with Gasteiger partial charge in [0.05, 0.1) is 22.6 Å². The van der Waals surface area contributed by atoms with Crippen molar-refractivity contribution in [2.75, 3.05) is 11.9 Å². The van der Waals surface area contributed by atoms with Gasteiger partial charge in [0.1, 0.15) is 5.75 Å². The van der Waals surface area contributed by atoms with E-state index in [1.807, 2.05) is 6.92 Å². The van der Waals surface area contributed by atoms with Crippen LogP contribution in [0.2, 0.25) is 5.02 Å². The van der Waals surface area contributed by atoms with Crippen molar-refractivity contribution in [2.45, 2.75) is 24.8 Å². The first-order valence-corrected chi connectivity index (χ1v) is 9.50. The van der Waals surface area contributed by atoms with Gasteiger partial charge in [-0.1, -0.05) is 29.8 Å². The molecule has 1 atom stereocenters. The predicted molar refractivity (Wildman–Crippen MR) is 97.5 cm³/mol. The summed E-state index contributed by atoms with van der Waals surface area (Å²) in [6.07, 6.45) is 0. The van der Waals surface area contributed by atoms with E-state index in [1.54, 1.807) is 36.4 Å².